The van der Waals surface area contributed by atoms with Gasteiger partial charge in [-0.05, 0) is 16.7 Å². The van der Waals surface area contributed by atoms with E-state index in [9.17, 15) is 9.59 Å². The third-order valence-electron chi connectivity index (χ3n) is 3.06. The molecular formula is C14H12N3O3+. The second-order valence-electron chi connectivity index (χ2n) is 4.37. The van der Waals surface area contributed by atoms with Crippen LogP contribution in [0.4, 0.5) is 5.69 Å². The average molecular weight is 270 g/mol. The fourth-order valence-corrected chi connectivity index (χ4v) is 2.10. The molecule has 0 fully saturated rings. The molecule has 100 valence electrons. The van der Waals surface area contributed by atoms with Gasteiger partial charge >= 0.3 is 17.2 Å². The number of hydrogen-bond acceptors (Lipinski definition) is 3. The Balaban J connectivity index is 2.02. The van der Waals surface area contributed by atoms with Crippen LogP contribution in [0.5, 0.6) is 0 Å². The first-order chi connectivity index (χ1) is 9.66. The lowest BCUT2D eigenvalue weighted by Crippen LogP contribution is -2.41. The SMILES string of the molecule is C[n+]1[nH]oc(=O)c1C(=O)Nc1cccc2ccccc12. The molecule has 3 aromatic rings. The minimum atomic E-state index is -0.703. The molecule has 3 rings (SSSR count). The number of aromatic amines is 1. The molecule has 6 nitrogen and oxygen atoms in total. The van der Waals surface area contributed by atoms with Crippen LogP contribution in [-0.2, 0) is 7.05 Å². The van der Waals surface area contributed by atoms with E-state index in [1.54, 1.807) is 6.07 Å². The van der Waals surface area contributed by atoms with Crippen LogP contribution in [0.3, 0.4) is 0 Å². The molecule has 0 spiro atoms. The molecule has 0 bridgehead atoms. The number of nitrogens with zero attached hydrogens (tertiary/aromatic N) is 1. The van der Waals surface area contributed by atoms with Gasteiger partial charge in [-0.15, -0.1) is 0 Å². The minimum absolute atomic E-state index is 0.0852. The number of nitrogens with one attached hydrogen (secondary N) is 2. The van der Waals surface area contributed by atoms with Crippen molar-refractivity contribution < 1.29 is 14.0 Å². The molecule has 0 unspecified atom stereocenters. The standard InChI is InChI=1S/C14H11N3O3/c1-17-12(14(19)20-16-17)13(18)15-11-8-4-6-9-5-2-3-7-10(9)11/h2-8H,1H3,(H-,15,16,18,19)/p+1. The van der Waals surface area contributed by atoms with Crippen LogP contribution in [0.1, 0.15) is 10.5 Å². The van der Waals surface area contributed by atoms with Crippen molar-refractivity contribution in [3.63, 3.8) is 0 Å². The van der Waals surface area contributed by atoms with E-state index in [0.717, 1.165) is 10.8 Å². The zero-order chi connectivity index (χ0) is 14.1. The average Bonchev–Trinajstić information content (AvgIpc) is 2.78. The number of benzene rings is 2. The number of carbonyl (C=O) groups excluding carboxylic acids is 1. The molecule has 0 saturated heterocycles. The monoisotopic (exact) mass is 270 g/mol. The van der Waals surface area contributed by atoms with Crippen LogP contribution in [0.25, 0.3) is 10.8 Å². The molecule has 0 atom stereocenters. The van der Waals surface area contributed by atoms with Crippen molar-refractivity contribution in [3.05, 3.63) is 58.6 Å². The summed E-state index contributed by atoms with van der Waals surface area (Å²) in [5.41, 5.74) is -0.142. The Hall–Kier alpha value is -2.89. The normalized spacial score (nSPS) is 10.7. The van der Waals surface area contributed by atoms with Gasteiger partial charge in [0, 0.05) is 11.1 Å². The second-order valence-corrected chi connectivity index (χ2v) is 4.37. The summed E-state index contributed by atoms with van der Waals surface area (Å²) in [6, 6.07) is 13.3. The summed E-state index contributed by atoms with van der Waals surface area (Å²) < 4.78 is 5.80. The number of aromatic nitrogens is 2. The van der Waals surface area contributed by atoms with Gasteiger partial charge in [0.1, 0.15) is 0 Å². The van der Waals surface area contributed by atoms with Crippen LogP contribution in [-0.4, -0.2) is 11.2 Å². The summed E-state index contributed by atoms with van der Waals surface area (Å²) >= 11 is 0. The van der Waals surface area contributed by atoms with Crippen molar-refractivity contribution in [2.45, 2.75) is 0 Å². The molecule has 0 aliphatic heterocycles. The number of hydrogen-bond donors (Lipinski definition) is 2. The Morgan fingerprint density at radius 2 is 1.95 bits per heavy atom. The number of anilines is 1. The first-order valence-corrected chi connectivity index (χ1v) is 6.03. The van der Waals surface area contributed by atoms with E-state index in [2.05, 4.69) is 15.1 Å². The van der Waals surface area contributed by atoms with E-state index in [-0.39, 0.29) is 5.69 Å². The molecular weight excluding hydrogens is 258 g/mol. The number of aryl methyl sites for hydroxylation is 1. The lowest BCUT2D eigenvalue weighted by atomic mass is 10.1. The highest BCUT2D eigenvalue weighted by Gasteiger charge is 2.26. The number of H-pyrrole nitrogens is 1. The predicted octanol–water partition coefficient (Wildman–Crippen LogP) is 1.20. The van der Waals surface area contributed by atoms with Gasteiger partial charge in [-0.1, -0.05) is 41.1 Å². The number of fused-ring (bicyclic) bond motifs is 1. The van der Waals surface area contributed by atoms with Crippen molar-refractivity contribution in [3.8, 4) is 0 Å². The number of carbonyl (C=O) groups is 1. The lowest BCUT2D eigenvalue weighted by Gasteiger charge is -2.05. The van der Waals surface area contributed by atoms with Gasteiger partial charge in [0.15, 0.2) is 7.05 Å². The predicted molar refractivity (Wildman–Crippen MR) is 72.4 cm³/mol. The van der Waals surface area contributed by atoms with Gasteiger partial charge < -0.3 is 5.32 Å². The van der Waals surface area contributed by atoms with Crippen molar-refractivity contribution in [1.82, 2.24) is 5.27 Å². The highest BCUT2D eigenvalue weighted by Crippen LogP contribution is 2.22. The molecule has 1 amide bonds. The van der Waals surface area contributed by atoms with E-state index in [1.165, 1.54) is 11.7 Å². The molecule has 0 aliphatic rings. The van der Waals surface area contributed by atoms with Crippen molar-refractivity contribution >= 4 is 22.4 Å². The summed E-state index contributed by atoms with van der Waals surface area (Å²) in [5.74, 6) is -0.515. The maximum Gasteiger partial charge on any atom is 0.440 e. The third-order valence-corrected chi connectivity index (χ3v) is 3.06. The Labute approximate surface area is 113 Å². The second kappa shape index (κ2) is 4.65. The fourth-order valence-electron chi connectivity index (χ4n) is 2.10. The zero-order valence-electron chi connectivity index (χ0n) is 10.7. The molecule has 1 heterocycles. The van der Waals surface area contributed by atoms with Crippen molar-refractivity contribution in [2.75, 3.05) is 5.32 Å². The minimum Gasteiger partial charge on any atom is -0.316 e. The summed E-state index contributed by atoms with van der Waals surface area (Å²) in [5, 5.41) is 6.96. The lowest BCUT2D eigenvalue weighted by molar-refractivity contribution is -0.741. The first-order valence-electron chi connectivity index (χ1n) is 6.03. The molecule has 2 N–H and O–H groups in total. The quantitative estimate of drug-likeness (QED) is 0.687. The smallest absolute Gasteiger partial charge is 0.316 e. The van der Waals surface area contributed by atoms with Crippen LogP contribution >= 0.6 is 0 Å². The van der Waals surface area contributed by atoms with Crippen LogP contribution in [0.2, 0.25) is 0 Å². The molecule has 0 saturated carbocycles. The van der Waals surface area contributed by atoms with Gasteiger partial charge in [-0.25, -0.2) is 4.79 Å². The van der Waals surface area contributed by atoms with Crippen molar-refractivity contribution in [2.24, 2.45) is 7.05 Å². The molecule has 1 aromatic heterocycles. The highest BCUT2D eigenvalue weighted by atomic mass is 16.5. The van der Waals surface area contributed by atoms with E-state index < -0.39 is 11.5 Å². The van der Waals surface area contributed by atoms with Crippen LogP contribution < -0.4 is 15.6 Å². The number of rotatable bonds is 2. The summed E-state index contributed by atoms with van der Waals surface area (Å²) in [7, 11) is 1.53. The van der Waals surface area contributed by atoms with Gasteiger partial charge in [0.2, 0.25) is 0 Å². The topological polar surface area (TPSA) is 79.0 Å². The van der Waals surface area contributed by atoms with Gasteiger partial charge in [0.25, 0.3) is 0 Å². The number of amides is 1. The van der Waals surface area contributed by atoms with Crippen LogP contribution in [0.15, 0.2) is 51.8 Å². The van der Waals surface area contributed by atoms with Gasteiger partial charge in [0.05, 0.1) is 0 Å². The van der Waals surface area contributed by atoms with Crippen molar-refractivity contribution in [1.29, 1.82) is 0 Å². The Bertz CT molecular complexity index is 843. The van der Waals surface area contributed by atoms with E-state index in [1.807, 2.05) is 36.4 Å². The maximum absolute atomic E-state index is 12.1. The largest absolute Gasteiger partial charge is 0.440 e. The Morgan fingerprint density at radius 1 is 1.20 bits per heavy atom. The van der Waals surface area contributed by atoms with Gasteiger partial charge in [-0.3, -0.25) is 9.32 Å². The third kappa shape index (κ3) is 1.97. The van der Waals surface area contributed by atoms with Crippen LogP contribution in [0, 0.1) is 0 Å². The highest BCUT2D eigenvalue weighted by molar-refractivity contribution is 6.07. The Morgan fingerprint density at radius 3 is 2.70 bits per heavy atom. The Kier molecular flexibility index (Phi) is 2.83. The maximum atomic E-state index is 12.1. The fraction of sp³-hybridized carbons (Fsp3) is 0.0714. The zero-order valence-corrected chi connectivity index (χ0v) is 10.7. The molecule has 2 aromatic carbocycles. The molecule has 0 radical (unpaired) electrons. The molecule has 0 aliphatic carbocycles. The van der Waals surface area contributed by atoms with Gasteiger partial charge in [-0.2, -0.15) is 0 Å². The summed E-state index contributed by atoms with van der Waals surface area (Å²) in [6.45, 7) is 0. The summed E-state index contributed by atoms with van der Waals surface area (Å²) in [6.07, 6.45) is 0. The summed E-state index contributed by atoms with van der Waals surface area (Å²) in [4.78, 5) is 23.6. The van der Waals surface area contributed by atoms with E-state index in [4.69, 9.17) is 0 Å². The first kappa shape index (κ1) is 12.2. The van der Waals surface area contributed by atoms with E-state index >= 15 is 0 Å². The molecule has 20 heavy (non-hydrogen) atoms. The van der Waals surface area contributed by atoms with E-state index in [0.29, 0.717) is 5.69 Å². The molecule has 6 heteroatoms.